The van der Waals surface area contributed by atoms with Crippen molar-refractivity contribution in [3.05, 3.63) is 29.9 Å². The van der Waals surface area contributed by atoms with Crippen molar-refractivity contribution in [3.63, 3.8) is 0 Å². The first-order chi connectivity index (χ1) is 9.31. The van der Waals surface area contributed by atoms with Gasteiger partial charge in [0.2, 0.25) is 5.89 Å². The number of hydrogen-bond donors (Lipinski definition) is 0. The first-order valence-corrected chi connectivity index (χ1v) is 7.11. The molecule has 6 heteroatoms. The molecule has 2 heterocycles. The van der Waals surface area contributed by atoms with Gasteiger partial charge >= 0.3 is 0 Å². The van der Waals surface area contributed by atoms with E-state index in [4.69, 9.17) is 14.0 Å². The summed E-state index contributed by atoms with van der Waals surface area (Å²) in [6.45, 7) is 3.22. The molecule has 0 saturated carbocycles. The minimum atomic E-state index is 0.634. The number of thioether (sulfide) groups is 1. The second kappa shape index (κ2) is 5.52. The molecular formula is C13H14N2O3S. The van der Waals surface area contributed by atoms with Gasteiger partial charge in [-0.2, -0.15) is 4.98 Å². The van der Waals surface area contributed by atoms with Crippen molar-refractivity contribution < 1.29 is 14.0 Å². The number of aryl methyl sites for hydroxylation is 1. The van der Waals surface area contributed by atoms with Crippen molar-refractivity contribution in [2.24, 2.45) is 0 Å². The maximum Gasteiger partial charge on any atom is 0.236 e. The van der Waals surface area contributed by atoms with Gasteiger partial charge in [0.1, 0.15) is 0 Å². The van der Waals surface area contributed by atoms with E-state index in [0.717, 1.165) is 22.8 Å². The van der Waals surface area contributed by atoms with E-state index < -0.39 is 0 Å². The predicted molar refractivity (Wildman–Crippen MR) is 70.6 cm³/mol. The summed E-state index contributed by atoms with van der Waals surface area (Å²) in [6, 6.07) is 5.96. The molecule has 0 amide bonds. The van der Waals surface area contributed by atoms with Crippen LogP contribution < -0.4 is 9.47 Å². The minimum absolute atomic E-state index is 0.634. The summed E-state index contributed by atoms with van der Waals surface area (Å²) in [5.41, 5.74) is 0. The molecule has 5 nitrogen and oxygen atoms in total. The highest BCUT2D eigenvalue weighted by molar-refractivity contribution is 7.98. The van der Waals surface area contributed by atoms with Crippen LogP contribution in [0, 0.1) is 6.92 Å². The maximum atomic E-state index is 5.66. The van der Waals surface area contributed by atoms with Crippen LogP contribution in [0.1, 0.15) is 18.1 Å². The summed E-state index contributed by atoms with van der Waals surface area (Å²) < 4.78 is 16.3. The van der Waals surface area contributed by atoms with Gasteiger partial charge in [0, 0.05) is 11.3 Å². The van der Waals surface area contributed by atoms with E-state index in [0.29, 0.717) is 30.7 Å². The molecule has 100 valence electrons. The number of fused-ring (bicyclic) bond motifs is 1. The Balaban J connectivity index is 1.69. The standard InChI is InChI=1S/C13H14N2O3S/c1-9-14-13(18-15-9)8-19-10-3-4-11-12(7-10)17-6-2-5-16-11/h3-4,7H,2,5-6,8H2,1H3. The number of ether oxygens (including phenoxy) is 2. The lowest BCUT2D eigenvalue weighted by molar-refractivity contribution is 0.297. The Bertz CT molecular complexity index is 571. The first kappa shape index (κ1) is 12.3. The summed E-state index contributed by atoms with van der Waals surface area (Å²) in [7, 11) is 0. The largest absolute Gasteiger partial charge is 0.490 e. The number of nitrogens with zero attached hydrogens (tertiary/aromatic N) is 2. The molecule has 2 aromatic rings. The Labute approximate surface area is 115 Å². The number of benzene rings is 1. The molecule has 1 aliphatic rings. The third kappa shape index (κ3) is 3.01. The van der Waals surface area contributed by atoms with Crippen molar-refractivity contribution in [3.8, 4) is 11.5 Å². The second-order valence-corrected chi connectivity index (χ2v) is 5.23. The van der Waals surface area contributed by atoms with E-state index in [1.165, 1.54) is 0 Å². The molecule has 19 heavy (non-hydrogen) atoms. The molecule has 1 aliphatic heterocycles. The Morgan fingerprint density at radius 2 is 2.05 bits per heavy atom. The zero-order valence-corrected chi connectivity index (χ0v) is 11.4. The van der Waals surface area contributed by atoms with Crippen molar-refractivity contribution in [2.75, 3.05) is 13.2 Å². The van der Waals surface area contributed by atoms with Crippen molar-refractivity contribution in [2.45, 2.75) is 24.0 Å². The summed E-state index contributed by atoms with van der Waals surface area (Å²) in [4.78, 5) is 5.27. The normalized spacial score (nSPS) is 14.2. The third-order valence-corrected chi connectivity index (χ3v) is 3.63. The van der Waals surface area contributed by atoms with E-state index in [1.54, 1.807) is 11.8 Å². The summed E-state index contributed by atoms with van der Waals surface area (Å²) in [6.07, 6.45) is 0.915. The molecule has 0 fully saturated rings. The highest BCUT2D eigenvalue weighted by Gasteiger charge is 2.11. The molecule has 0 bridgehead atoms. The van der Waals surface area contributed by atoms with Gasteiger partial charge in [-0.25, -0.2) is 0 Å². The average molecular weight is 278 g/mol. The Morgan fingerprint density at radius 1 is 1.21 bits per heavy atom. The fourth-order valence-corrected chi connectivity index (χ4v) is 2.54. The summed E-state index contributed by atoms with van der Waals surface area (Å²) >= 11 is 1.63. The van der Waals surface area contributed by atoms with Crippen LogP contribution in [0.5, 0.6) is 11.5 Å². The van der Waals surface area contributed by atoms with E-state index >= 15 is 0 Å². The molecule has 0 aliphatic carbocycles. The van der Waals surface area contributed by atoms with Gasteiger partial charge in [0.25, 0.3) is 0 Å². The van der Waals surface area contributed by atoms with Gasteiger partial charge in [-0.3, -0.25) is 0 Å². The molecule has 1 aromatic heterocycles. The lowest BCUT2D eigenvalue weighted by atomic mass is 10.3. The molecule has 0 spiro atoms. The molecule has 0 radical (unpaired) electrons. The van der Waals surface area contributed by atoms with Crippen LogP contribution in [0.4, 0.5) is 0 Å². The number of aromatic nitrogens is 2. The minimum Gasteiger partial charge on any atom is -0.490 e. The number of hydrogen-bond acceptors (Lipinski definition) is 6. The van der Waals surface area contributed by atoms with E-state index in [9.17, 15) is 0 Å². The van der Waals surface area contributed by atoms with Crippen molar-refractivity contribution in [1.29, 1.82) is 0 Å². The zero-order chi connectivity index (χ0) is 13.1. The lowest BCUT2D eigenvalue weighted by Crippen LogP contribution is -1.97. The van der Waals surface area contributed by atoms with Gasteiger partial charge in [-0.1, -0.05) is 5.16 Å². The van der Waals surface area contributed by atoms with Crippen LogP contribution >= 0.6 is 11.8 Å². The van der Waals surface area contributed by atoms with Crippen LogP contribution in [0.2, 0.25) is 0 Å². The fraction of sp³-hybridized carbons (Fsp3) is 0.385. The van der Waals surface area contributed by atoms with Gasteiger partial charge in [0.05, 0.1) is 19.0 Å². The molecule has 0 unspecified atom stereocenters. The molecule has 0 atom stereocenters. The SMILES string of the molecule is Cc1noc(CSc2ccc3c(c2)OCCCO3)n1. The summed E-state index contributed by atoms with van der Waals surface area (Å²) in [5, 5.41) is 3.77. The fourth-order valence-electron chi connectivity index (χ4n) is 1.78. The van der Waals surface area contributed by atoms with Crippen molar-refractivity contribution >= 4 is 11.8 Å². The van der Waals surface area contributed by atoms with Gasteiger partial charge in [-0.05, 0) is 25.1 Å². The van der Waals surface area contributed by atoms with Crippen LogP contribution in [0.15, 0.2) is 27.6 Å². The van der Waals surface area contributed by atoms with E-state index in [1.807, 2.05) is 25.1 Å². The molecule has 0 saturated heterocycles. The van der Waals surface area contributed by atoms with E-state index in [-0.39, 0.29) is 0 Å². The monoisotopic (exact) mass is 278 g/mol. The smallest absolute Gasteiger partial charge is 0.236 e. The highest BCUT2D eigenvalue weighted by Crippen LogP contribution is 2.34. The van der Waals surface area contributed by atoms with Crippen LogP contribution in [-0.2, 0) is 5.75 Å². The van der Waals surface area contributed by atoms with Gasteiger partial charge < -0.3 is 14.0 Å². The quantitative estimate of drug-likeness (QED) is 0.805. The summed E-state index contributed by atoms with van der Waals surface area (Å²) in [5.74, 6) is 3.57. The Kier molecular flexibility index (Phi) is 3.59. The second-order valence-electron chi connectivity index (χ2n) is 4.18. The lowest BCUT2D eigenvalue weighted by Gasteiger charge is -2.08. The third-order valence-electron chi connectivity index (χ3n) is 2.65. The topological polar surface area (TPSA) is 57.4 Å². The zero-order valence-electron chi connectivity index (χ0n) is 10.6. The molecule has 0 N–H and O–H groups in total. The predicted octanol–water partition coefficient (Wildman–Crippen LogP) is 2.83. The van der Waals surface area contributed by atoms with Gasteiger partial charge in [-0.15, -0.1) is 11.8 Å². The van der Waals surface area contributed by atoms with Crippen LogP contribution in [0.3, 0.4) is 0 Å². The Morgan fingerprint density at radius 3 is 2.84 bits per heavy atom. The molecular weight excluding hydrogens is 264 g/mol. The average Bonchev–Trinajstić information content (AvgIpc) is 2.70. The Hall–Kier alpha value is -1.69. The van der Waals surface area contributed by atoms with E-state index in [2.05, 4.69) is 10.1 Å². The van der Waals surface area contributed by atoms with Crippen LogP contribution in [0.25, 0.3) is 0 Å². The first-order valence-electron chi connectivity index (χ1n) is 6.13. The molecule has 3 rings (SSSR count). The van der Waals surface area contributed by atoms with Crippen molar-refractivity contribution in [1.82, 2.24) is 10.1 Å². The highest BCUT2D eigenvalue weighted by atomic mass is 32.2. The maximum absolute atomic E-state index is 5.66. The number of rotatable bonds is 3. The molecule has 1 aromatic carbocycles. The van der Waals surface area contributed by atoms with Crippen LogP contribution in [-0.4, -0.2) is 23.4 Å². The van der Waals surface area contributed by atoms with Gasteiger partial charge in [0.15, 0.2) is 17.3 Å².